The van der Waals surface area contributed by atoms with Crippen LogP contribution in [0.3, 0.4) is 0 Å². The Labute approximate surface area is 81.2 Å². The van der Waals surface area contributed by atoms with Gasteiger partial charge in [-0.05, 0) is 30.9 Å². The van der Waals surface area contributed by atoms with Gasteiger partial charge in [-0.3, -0.25) is 0 Å². The van der Waals surface area contributed by atoms with Gasteiger partial charge >= 0.3 is 0 Å². The van der Waals surface area contributed by atoms with Crippen LogP contribution < -0.4 is 5.32 Å². The van der Waals surface area contributed by atoms with Crippen LogP contribution in [0.2, 0.25) is 0 Å². The Morgan fingerprint density at radius 2 is 2.23 bits per heavy atom. The van der Waals surface area contributed by atoms with E-state index in [4.69, 9.17) is 0 Å². The molecule has 2 atom stereocenters. The van der Waals surface area contributed by atoms with Gasteiger partial charge < -0.3 is 5.32 Å². The quantitative estimate of drug-likeness (QED) is 0.653. The number of nitrogens with one attached hydrogen (secondary N) is 1. The summed E-state index contributed by atoms with van der Waals surface area (Å²) in [6.45, 7) is 10.4. The fourth-order valence-corrected chi connectivity index (χ4v) is 1.79. The van der Waals surface area contributed by atoms with Crippen molar-refractivity contribution in [2.24, 2.45) is 5.92 Å². The highest BCUT2D eigenvalue weighted by atomic mass is 15.0. The highest BCUT2D eigenvalue weighted by Gasteiger charge is 2.25. The lowest BCUT2D eigenvalue weighted by Crippen LogP contribution is -2.25. The van der Waals surface area contributed by atoms with Crippen LogP contribution >= 0.6 is 0 Å². The smallest absolute Gasteiger partial charge is 0.0335 e. The predicted molar refractivity (Wildman–Crippen MR) is 58.4 cm³/mol. The van der Waals surface area contributed by atoms with Crippen molar-refractivity contribution in [1.29, 1.82) is 0 Å². The normalized spacial score (nSPS) is 28.2. The molecule has 1 aliphatic heterocycles. The SMILES string of the molecule is C=C/C=C\C1=C(C)C(C)C(CC)N1. The van der Waals surface area contributed by atoms with Crippen LogP contribution in [0.1, 0.15) is 27.2 Å². The predicted octanol–water partition coefficient (Wildman–Crippen LogP) is 3.02. The van der Waals surface area contributed by atoms with Crippen LogP contribution in [0.25, 0.3) is 0 Å². The van der Waals surface area contributed by atoms with E-state index in [-0.39, 0.29) is 0 Å². The minimum absolute atomic E-state index is 0.615. The summed E-state index contributed by atoms with van der Waals surface area (Å²) < 4.78 is 0. The molecular weight excluding hydrogens is 158 g/mol. The zero-order valence-electron chi connectivity index (χ0n) is 8.80. The van der Waals surface area contributed by atoms with Crippen LogP contribution in [0.5, 0.6) is 0 Å². The molecule has 1 heteroatoms. The van der Waals surface area contributed by atoms with Gasteiger partial charge in [-0.25, -0.2) is 0 Å². The first-order chi connectivity index (χ1) is 6.20. The average molecular weight is 177 g/mol. The molecule has 0 aromatic heterocycles. The number of rotatable bonds is 3. The van der Waals surface area contributed by atoms with E-state index in [9.17, 15) is 0 Å². The van der Waals surface area contributed by atoms with Crippen LogP contribution in [-0.2, 0) is 0 Å². The fourth-order valence-electron chi connectivity index (χ4n) is 1.79. The number of hydrogen-bond acceptors (Lipinski definition) is 1. The Bertz CT molecular complexity index is 248. The lowest BCUT2D eigenvalue weighted by molar-refractivity contribution is 0.483. The average Bonchev–Trinajstić information content (AvgIpc) is 2.41. The molecule has 72 valence electrons. The lowest BCUT2D eigenvalue weighted by Gasteiger charge is -2.14. The molecule has 0 fully saturated rings. The summed E-state index contributed by atoms with van der Waals surface area (Å²) in [6, 6.07) is 0.615. The monoisotopic (exact) mass is 177 g/mol. The van der Waals surface area contributed by atoms with Crippen molar-refractivity contribution in [3.63, 3.8) is 0 Å². The van der Waals surface area contributed by atoms with Gasteiger partial charge in [0.2, 0.25) is 0 Å². The molecule has 0 spiro atoms. The molecule has 1 heterocycles. The Morgan fingerprint density at radius 1 is 1.54 bits per heavy atom. The van der Waals surface area contributed by atoms with E-state index in [2.05, 4.69) is 38.7 Å². The number of hydrogen-bond donors (Lipinski definition) is 1. The third-order valence-corrected chi connectivity index (χ3v) is 2.89. The van der Waals surface area contributed by atoms with Crippen LogP contribution in [0.15, 0.2) is 36.1 Å². The molecule has 2 unspecified atom stereocenters. The molecule has 0 aliphatic carbocycles. The van der Waals surface area contributed by atoms with Crippen molar-refractivity contribution < 1.29 is 0 Å². The van der Waals surface area contributed by atoms with Crippen LogP contribution in [0, 0.1) is 5.92 Å². The maximum atomic E-state index is 3.67. The molecule has 0 bridgehead atoms. The molecule has 13 heavy (non-hydrogen) atoms. The zero-order chi connectivity index (χ0) is 9.84. The molecule has 1 nitrogen and oxygen atoms in total. The third kappa shape index (κ3) is 2.03. The maximum absolute atomic E-state index is 3.67. The van der Waals surface area contributed by atoms with Crippen molar-refractivity contribution in [1.82, 2.24) is 5.32 Å². The van der Waals surface area contributed by atoms with Gasteiger partial charge in [0.25, 0.3) is 0 Å². The van der Waals surface area contributed by atoms with Crippen molar-refractivity contribution >= 4 is 0 Å². The molecule has 0 aromatic rings. The molecular formula is C12H19N. The van der Waals surface area contributed by atoms with Gasteiger partial charge in [0, 0.05) is 11.7 Å². The standard InChI is InChI=1S/C12H19N/c1-5-7-8-12-10(4)9(3)11(6-2)13-12/h5,7-9,11,13H,1,6H2,2-4H3/b8-7-. The summed E-state index contributed by atoms with van der Waals surface area (Å²) in [4.78, 5) is 0. The largest absolute Gasteiger partial charge is 0.382 e. The fraction of sp³-hybridized carbons (Fsp3) is 0.500. The van der Waals surface area contributed by atoms with E-state index in [1.807, 2.05) is 12.2 Å². The van der Waals surface area contributed by atoms with Gasteiger partial charge in [0.05, 0.1) is 0 Å². The van der Waals surface area contributed by atoms with E-state index in [1.165, 1.54) is 17.7 Å². The Kier molecular flexibility index (Phi) is 3.35. The molecule has 0 amide bonds. The second-order valence-electron chi connectivity index (χ2n) is 3.64. The minimum Gasteiger partial charge on any atom is -0.382 e. The molecule has 1 aliphatic rings. The third-order valence-electron chi connectivity index (χ3n) is 2.89. The first kappa shape index (κ1) is 10.1. The van der Waals surface area contributed by atoms with Crippen molar-refractivity contribution in [3.05, 3.63) is 36.1 Å². The van der Waals surface area contributed by atoms with Crippen LogP contribution in [0.4, 0.5) is 0 Å². The van der Waals surface area contributed by atoms with E-state index >= 15 is 0 Å². The Morgan fingerprint density at radius 3 is 2.69 bits per heavy atom. The van der Waals surface area contributed by atoms with Crippen molar-refractivity contribution in [2.75, 3.05) is 0 Å². The molecule has 1 N–H and O–H groups in total. The zero-order valence-corrected chi connectivity index (χ0v) is 8.80. The van der Waals surface area contributed by atoms with Crippen molar-refractivity contribution in [3.8, 4) is 0 Å². The molecule has 1 rings (SSSR count). The summed E-state index contributed by atoms with van der Waals surface area (Å²) in [6.07, 6.45) is 7.08. The molecule has 0 saturated heterocycles. The van der Waals surface area contributed by atoms with Crippen molar-refractivity contribution in [2.45, 2.75) is 33.2 Å². The van der Waals surface area contributed by atoms with Crippen LogP contribution in [-0.4, -0.2) is 6.04 Å². The summed E-state index contributed by atoms with van der Waals surface area (Å²) in [5.41, 5.74) is 2.74. The Hall–Kier alpha value is -0.980. The lowest BCUT2D eigenvalue weighted by atomic mass is 9.96. The maximum Gasteiger partial charge on any atom is 0.0335 e. The van der Waals surface area contributed by atoms with E-state index in [0.29, 0.717) is 12.0 Å². The van der Waals surface area contributed by atoms with Gasteiger partial charge in [0.15, 0.2) is 0 Å². The highest BCUT2D eigenvalue weighted by molar-refractivity contribution is 5.32. The highest BCUT2D eigenvalue weighted by Crippen LogP contribution is 2.27. The minimum atomic E-state index is 0.615. The first-order valence-corrected chi connectivity index (χ1v) is 4.97. The van der Waals surface area contributed by atoms with Gasteiger partial charge in [-0.2, -0.15) is 0 Å². The molecule has 0 aromatic carbocycles. The second kappa shape index (κ2) is 4.31. The topological polar surface area (TPSA) is 12.0 Å². The summed E-state index contributed by atoms with van der Waals surface area (Å²) in [5, 5.41) is 3.52. The second-order valence-corrected chi connectivity index (χ2v) is 3.64. The summed E-state index contributed by atoms with van der Waals surface area (Å²) in [5.74, 6) is 0.662. The number of allylic oxidation sites excluding steroid dienone is 3. The summed E-state index contributed by atoms with van der Waals surface area (Å²) in [7, 11) is 0. The van der Waals surface area contributed by atoms with E-state index in [0.717, 1.165) is 0 Å². The molecule has 0 radical (unpaired) electrons. The molecule has 0 saturated carbocycles. The van der Waals surface area contributed by atoms with Gasteiger partial charge in [-0.15, -0.1) is 0 Å². The van der Waals surface area contributed by atoms with Gasteiger partial charge in [0.1, 0.15) is 0 Å². The summed E-state index contributed by atoms with van der Waals surface area (Å²) >= 11 is 0. The van der Waals surface area contributed by atoms with Gasteiger partial charge in [-0.1, -0.05) is 32.6 Å². The first-order valence-electron chi connectivity index (χ1n) is 4.97. The van der Waals surface area contributed by atoms with E-state index in [1.54, 1.807) is 0 Å². The Balaban J connectivity index is 2.75. The van der Waals surface area contributed by atoms with E-state index < -0.39 is 0 Å².